The summed E-state index contributed by atoms with van der Waals surface area (Å²) < 4.78 is 5.68. The first-order chi connectivity index (χ1) is 10.0. The van der Waals surface area contributed by atoms with Crippen LogP contribution < -0.4 is 15.4 Å². The molecule has 0 saturated carbocycles. The summed E-state index contributed by atoms with van der Waals surface area (Å²) in [7, 11) is 1.93. The second-order valence-corrected chi connectivity index (χ2v) is 5.21. The van der Waals surface area contributed by atoms with E-state index in [9.17, 15) is 0 Å². The molecule has 0 aliphatic carbocycles. The standard InChI is InChI=1S/C16H22N4O/c1-11(2)21-15-9-12(3)18-16(19-15)20(4)14-8-6-5-7-13(14)10-17/h5-9,11H,10,17H2,1-4H3. The van der Waals surface area contributed by atoms with Crippen molar-refractivity contribution in [3.8, 4) is 5.88 Å². The van der Waals surface area contributed by atoms with E-state index in [0.717, 1.165) is 16.9 Å². The number of benzene rings is 1. The average molecular weight is 286 g/mol. The molecule has 1 heterocycles. The summed E-state index contributed by atoms with van der Waals surface area (Å²) in [5.74, 6) is 1.19. The highest BCUT2D eigenvalue weighted by molar-refractivity contribution is 5.61. The maximum atomic E-state index is 5.80. The monoisotopic (exact) mass is 286 g/mol. The van der Waals surface area contributed by atoms with E-state index >= 15 is 0 Å². The van der Waals surface area contributed by atoms with Crippen LogP contribution in [0.1, 0.15) is 25.1 Å². The first-order valence-electron chi connectivity index (χ1n) is 7.05. The van der Waals surface area contributed by atoms with Gasteiger partial charge in [0.2, 0.25) is 11.8 Å². The number of aromatic nitrogens is 2. The highest BCUT2D eigenvalue weighted by atomic mass is 16.5. The van der Waals surface area contributed by atoms with Crippen LogP contribution in [0.4, 0.5) is 11.6 Å². The Bertz CT molecular complexity index is 613. The molecule has 2 N–H and O–H groups in total. The quantitative estimate of drug-likeness (QED) is 0.915. The van der Waals surface area contributed by atoms with E-state index in [1.54, 1.807) is 0 Å². The molecule has 0 unspecified atom stereocenters. The minimum Gasteiger partial charge on any atom is -0.475 e. The third-order valence-corrected chi connectivity index (χ3v) is 3.05. The summed E-state index contributed by atoms with van der Waals surface area (Å²) in [6.07, 6.45) is 0.0776. The summed E-state index contributed by atoms with van der Waals surface area (Å²) in [6.45, 7) is 6.36. The Morgan fingerprint density at radius 2 is 1.95 bits per heavy atom. The molecule has 1 aromatic carbocycles. The van der Waals surface area contributed by atoms with E-state index in [4.69, 9.17) is 10.5 Å². The number of hydrogen-bond acceptors (Lipinski definition) is 5. The Morgan fingerprint density at radius 1 is 1.24 bits per heavy atom. The van der Waals surface area contributed by atoms with E-state index in [1.807, 2.05) is 63.1 Å². The lowest BCUT2D eigenvalue weighted by atomic mass is 10.1. The third-order valence-electron chi connectivity index (χ3n) is 3.05. The van der Waals surface area contributed by atoms with Crippen molar-refractivity contribution >= 4 is 11.6 Å². The fraction of sp³-hybridized carbons (Fsp3) is 0.375. The van der Waals surface area contributed by atoms with Gasteiger partial charge in [0.1, 0.15) is 0 Å². The molecule has 2 rings (SSSR count). The molecule has 0 amide bonds. The first-order valence-corrected chi connectivity index (χ1v) is 7.05. The van der Waals surface area contributed by atoms with Crippen molar-refractivity contribution in [3.05, 3.63) is 41.6 Å². The molecular formula is C16H22N4O. The molecular weight excluding hydrogens is 264 g/mol. The Kier molecular flexibility index (Phi) is 4.75. The summed E-state index contributed by atoms with van der Waals surface area (Å²) >= 11 is 0. The van der Waals surface area contributed by atoms with Gasteiger partial charge in [0.15, 0.2) is 0 Å². The minimum absolute atomic E-state index is 0.0776. The van der Waals surface area contributed by atoms with E-state index in [-0.39, 0.29) is 6.10 Å². The lowest BCUT2D eigenvalue weighted by Crippen LogP contribution is -2.17. The van der Waals surface area contributed by atoms with Gasteiger partial charge < -0.3 is 15.4 Å². The van der Waals surface area contributed by atoms with Gasteiger partial charge in [0.25, 0.3) is 0 Å². The van der Waals surface area contributed by atoms with Crippen molar-refractivity contribution in [2.75, 3.05) is 11.9 Å². The van der Waals surface area contributed by atoms with Gasteiger partial charge in [-0.15, -0.1) is 0 Å². The molecule has 2 aromatic rings. The van der Waals surface area contributed by atoms with Gasteiger partial charge >= 0.3 is 0 Å². The fourth-order valence-corrected chi connectivity index (χ4v) is 2.09. The lowest BCUT2D eigenvalue weighted by molar-refractivity contribution is 0.232. The molecule has 112 valence electrons. The van der Waals surface area contributed by atoms with Crippen molar-refractivity contribution in [1.29, 1.82) is 0 Å². The average Bonchev–Trinajstić information content (AvgIpc) is 2.45. The predicted octanol–water partition coefficient (Wildman–Crippen LogP) is 2.80. The lowest BCUT2D eigenvalue weighted by Gasteiger charge is -2.21. The zero-order valence-electron chi connectivity index (χ0n) is 13.0. The molecule has 5 heteroatoms. The van der Waals surface area contributed by atoms with Crippen LogP contribution in [-0.4, -0.2) is 23.1 Å². The maximum absolute atomic E-state index is 5.80. The first kappa shape index (κ1) is 15.3. The molecule has 5 nitrogen and oxygen atoms in total. The van der Waals surface area contributed by atoms with E-state index in [0.29, 0.717) is 18.4 Å². The van der Waals surface area contributed by atoms with Crippen LogP contribution in [0.25, 0.3) is 0 Å². The summed E-state index contributed by atoms with van der Waals surface area (Å²) in [4.78, 5) is 10.9. The van der Waals surface area contributed by atoms with Crippen molar-refractivity contribution in [2.45, 2.75) is 33.4 Å². The van der Waals surface area contributed by atoms with Crippen molar-refractivity contribution in [2.24, 2.45) is 5.73 Å². The highest BCUT2D eigenvalue weighted by Crippen LogP contribution is 2.26. The van der Waals surface area contributed by atoms with Crippen molar-refractivity contribution in [3.63, 3.8) is 0 Å². The fourth-order valence-electron chi connectivity index (χ4n) is 2.09. The molecule has 0 fully saturated rings. The number of nitrogens with two attached hydrogens (primary N) is 1. The zero-order valence-corrected chi connectivity index (χ0v) is 13.0. The highest BCUT2D eigenvalue weighted by Gasteiger charge is 2.13. The van der Waals surface area contributed by atoms with Crippen LogP contribution in [0.2, 0.25) is 0 Å². The largest absolute Gasteiger partial charge is 0.475 e. The van der Waals surface area contributed by atoms with Crippen LogP contribution in [0, 0.1) is 6.92 Å². The minimum atomic E-state index is 0.0776. The number of aryl methyl sites for hydroxylation is 1. The number of rotatable bonds is 5. The van der Waals surface area contributed by atoms with Crippen molar-refractivity contribution in [1.82, 2.24) is 9.97 Å². The topological polar surface area (TPSA) is 64.3 Å². The number of nitrogens with zero attached hydrogens (tertiary/aromatic N) is 3. The van der Waals surface area contributed by atoms with Gasteiger partial charge in [-0.3, -0.25) is 0 Å². The van der Waals surface area contributed by atoms with Gasteiger partial charge in [-0.25, -0.2) is 4.98 Å². The van der Waals surface area contributed by atoms with Gasteiger partial charge in [-0.2, -0.15) is 4.98 Å². The van der Waals surface area contributed by atoms with E-state index in [2.05, 4.69) is 9.97 Å². The Labute approximate surface area is 125 Å². The molecule has 0 aliphatic rings. The summed E-state index contributed by atoms with van der Waals surface area (Å²) in [5.41, 5.74) is 8.72. The van der Waals surface area contributed by atoms with Crippen molar-refractivity contribution < 1.29 is 4.74 Å². The van der Waals surface area contributed by atoms with Crippen LogP contribution in [0.3, 0.4) is 0 Å². The normalized spacial score (nSPS) is 10.8. The van der Waals surface area contributed by atoms with Crippen LogP contribution in [0.15, 0.2) is 30.3 Å². The van der Waals surface area contributed by atoms with Crippen LogP contribution in [-0.2, 0) is 6.54 Å². The molecule has 0 saturated heterocycles. The zero-order chi connectivity index (χ0) is 15.4. The second kappa shape index (κ2) is 6.54. The Morgan fingerprint density at radius 3 is 2.62 bits per heavy atom. The molecule has 0 bridgehead atoms. The molecule has 1 aromatic heterocycles. The summed E-state index contributed by atoms with van der Waals surface area (Å²) in [6, 6.07) is 9.81. The molecule has 0 atom stereocenters. The predicted molar refractivity (Wildman–Crippen MR) is 84.9 cm³/mol. The number of anilines is 2. The number of hydrogen-bond donors (Lipinski definition) is 1. The molecule has 0 aliphatic heterocycles. The Hall–Kier alpha value is -2.14. The SMILES string of the molecule is Cc1cc(OC(C)C)nc(N(C)c2ccccc2CN)n1. The van der Waals surface area contributed by atoms with E-state index < -0.39 is 0 Å². The van der Waals surface area contributed by atoms with Gasteiger partial charge in [0, 0.05) is 31.0 Å². The van der Waals surface area contributed by atoms with Crippen LogP contribution in [0.5, 0.6) is 5.88 Å². The van der Waals surface area contributed by atoms with E-state index in [1.165, 1.54) is 0 Å². The van der Waals surface area contributed by atoms with Gasteiger partial charge in [-0.05, 0) is 32.4 Å². The van der Waals surface area contributed by atoms with Gasteiger partial charge in [-0.1, -0.05) is 18.2 Å². The van der Waals surface area contributed by atoms with Crippen LogP contribution >= 0.6 is 0 Å². The maximum Gasteiger partial charge on any atom is 0.233 e. The number of ether oxygens (including phenoxy) is 1. The Balaban J connectivity index is 2.38. The summed E-state index contributed by atoms with van der Waals surface area (Å²) in [5, 5.41) is 0. The third kappa shape index (κ3) is 3.70. The molecule has 0 spiro atoms. The molecule has 0 radical (unpaired) electrons. The van der Waals surface area contributed by atoms with Gasteiger partial charge in [0.05, 0.1) is 6.10 Å². The smallest absolute Gasteiger partial charge is 0.233 e. The number of para-hydroxylation sites is 1. The molecule has 21 heavy (non-hydrogen) atoms. The second-order valence-electron chi connectivity index (χ2n) is 5.21.